The van der Waals surface area contributed by atoms with Crippen LogP contribution in [0.4, 0.5) is 0 Å². The quantitative estimate of drug-likeness (QED) is 0.756. The number of fused-ring (bicyclic) bond motifs is 1. The molecule has 0 radical (unpaired) electrons. The van der Waals surface area contributed by atoms with Gasteiger partial charge in [-0.15, -0.1) is 0 Å². The summed E-state index contributed by atoms with van der Waals surface area (Å²) in [6.07, 6.45) is 0. The van der Waals surface area contributed by atoms with Crippen LogP contribution in [0.25, 0.3) is 16.3 Å². The van der Waals surface area contributed by atoms with Crippen molar-refractivity contribution >= 4 is 22.3 Å². The van der Waals surface area contributed by atoms with Gasteiger partial charge in [0.25, 0.3) is 0 Å². The number of rotatable bonds is 3. The third-order valence-corrected chi connectivity index (χ3v) is 2.85. The maximum atomic E-state index is 12.0. The molecule has 0 unspecified atom stereocenters. The highest BCUT2D eigenvalue weighted by Crippen LogP contribution is 2.25. The lowest BCUT2D eigenvalue weighted by molar-refractivity contribution is 0.0528. The Morgan fingerprint density at radius 3 is 2.67 bits per heavy atom. The summed E-state index contributed by atoms with van der Waals surface area (Å²) in [7, 11) is 0. The van der Waals surface area contributed by atoms with Gasteiger partial charge >= 0.3 is 5.97 Å². The number of carbonyl (C=O) groups excluding carboxylic acids is 1. The molecule has 2 nitrogen and oxygen atoms in total. The Hall–Kier alpha value is -2.09. The van der Waals surface area contributed by atoms with E-state index in [1.807, 2.05) is 50.2 Å². The van der Waals surface area contributed by atoms with Crippen LogP contribution in [0.2, 0.25) is 0 Å². The number of benzene rings is 2. The maximum absolute atomic E-state index is 12.0. The fourth-order valence-electron chi connectivity index (χ4n) is 1.93. The second-order valence-corrected chi connectivity index (χ2v) is 4.25. The van der Waals surface area contributed by atoms with Gasteiger partial charge in [-0.1, -0.05) is 36.4 Å². The summed E-state index contributed by atoms with van der Waals surface area (Å²) in [4.78, 5) is 12.0. The smallest absolute Gasteiger partial charge is 0.338 e. The van der Waals surface area contributed by atoms with Crippen molar-refractivity contribution in [2.45, 2.75) is 13.8 Å². The molecule has 92 valence electrons. The minimum Gasteiger partial charge on any atom is -0.462 e. The van der Waals surface area contributed by atoms with Gasteiger partial charge in [-0.25, -0.2) is 4.79 Å². The van der Waals surface area contributed by atoms with Gasteiger partial charge in [-0.3, -0.25) is 0 Å². The van der Waals surface area contributed by atoms with Crippen LogP contribution in [0.3, 0.4) is 0 Å². The second kappa shape index (κ2) is 5.05. The number of hydrogen-bond acceptors (Lipinski definition) is 2. The number of ether oxygens (including phenoxy) is 1. The van der Waals surface area contributed by atoms with Gasteiger partial charge in [0, 0.05) is 0 Å². The van der Waals surface area contributed by atoms with Gasteiger partial charge in [0.05, 0.1) is 12.2 Å². The summed E-state index contributed by atoms with van der Waals surface area (Å²) in [5, 5.41) is 1.95. The Morgan fingerprint density at radius 1 is 1.28 bits per heavy atom. The number of hydrogen-bond donors (Lipinski definition) is 0. The monoisotopic (exact) mass is 240 g/mol. The fraction of sp³-hybridized carbons (Fsp3) is 0.188. The van der Waals surface area contributed by atoms with Crippen LogP contribution >= 0.6 is 0 Å². The summed E-state index contributed by atoms with van der Waals surface area (Å²) in [6.45, 7) is 8.04. The molecule has 2 heteroatoms. The van der Waals surface area contributed by atoms with Crippen LogP contribution in [-0.2, 0) is 4.74 Å². The maximum Gasteiger partial charge on any atom is 0.338 e. The first-order valence-electron chi connectivity index (χ1n) is 5.99. The van der Waals surface area contributed by atoms with E-state index in [-0.39, 0.29) is 5.97 Å². The van der Waals surface area contributed by atoms with Crippen molar-refractivity contribution in [3.8, 4) is 0 Å². The van der Waals surface area contributed by atoms with Crippen LogP contribution in [-0.4, -0.2) is 12.6 Å². The van der Waals surface area contributed by atoms with E-state index < -0.39 is 0 Å². The molecule has 2 aromatic carbocycles. The highest BCUT2D eigenvalue weighted by molar-refractivity contribution is 6.05. The van der Waals surface area contributed by atoms with Crippen LogP contribution in [0.5, 0.6) is 0 Å². The molecule has 18 heavy (non-hydrogen) atoms. The molecule has 0 saturated carbocycles. The average molecular weight is 240 g/mol. The molecule has 2 rings (SSSR count). The van der Waals surface area contributed by atoms with E-state index in [4.69, 9.17) is 4.74 Å². The molecule has 0 heterocycles. The van der Waals surface area contributed by atoms with Crippen LogP contribution in [0.1, 0.15) is 29.8 Å². The Bertz CT molecular complexity index is 612. The zero-order chi connectivity index (χ0) is 13.1. The lowest BCUT2D eigenvalue weighted by Gasteiger charge is -2.09. The number of esters is 1. The Labute approximate surface area is 107 Å². The summed E-state index contributed by atoms with van der Waals surface area (Å²) in [5.74, 6) is -0.281. The first-order valence-corrected chi connectivity index (χ1v) is 5.99. The van der Waals surface area contributed by atoms with Gasteiger partial charge in [-0.2, -0.15) is 0 Å². The molecule has 0 saturated heterocycles. The van der Waals surface area contributed by atoms with Crippen molar-refractivity contribution in [1.82, 2.24) is 0 Å². The minimum atomic E-state index is -0.281. The summed E-state index contributed by atoms with van der Waals surface area (Å²) in [5.41, 5.74) is 2.51. The van der Waals surface area contributed by atoms with Crippen LogP contribution in [0, 0.1) is 0 Å². The van der Waals surface area contributed by atoms with E-state index >= 15 is 0 Å². The second-order valence-electron chi connectivity index (χ2n) is 4.25. The lowest BCUT2D eigenvalue weighted by atomic mass is 9.98. The largest absolute Gasteiger partial charge is 0.462 e. The summed E-state index contributed by atoms with van der Waals surface area (Å²) in [6, 6.07) is 11.7. The highest BCUT2D eigenvalue weighted by atomic mass is 16.5. The van der Waals surface area contributed by atoms with Crippen molar-refractivity contribution in [2.24, 2.45) is 0 Å². The average Bonchev–Trinajstić information content (AvgIpc) is 2.37. The number of allylic oxidation sites excluding steroid dienone is 1. The normalized spacial score (nSPS) is 10.3. The molecular formula is C16H16O2. The Kier molecular flexibility index (Phi) is 3.47. The number of carbonyl (C=O) groups is 1. The molecular weight excluding hydrogens is 224 g/mol. The van der Waals surface area contributed by atoms with Gasteiger partial charge in [0.15, 0.2) is 0 Å². The predicted octanol–water partition coefficient (Wildman–Crippen LogP) is 4.05. The lowest BCUT2D eigenvalue weighted by Crippen LogP contribution is -2.06. The predicted molar refractivity (Wildman–Crippen MR) is 74.6 cm³/mol. The SMILES string of the molecule is C=C(C)c1cc(C(=O)OCC)c2ccccc2c1. The van der Waals surface area contributed by atoms with Crippen LogP contribution < -0.4 is 0 Å². The first-order chi connectivity index (χ1) is 8.63. The molecule has 0 aliphatic heterocycles. The molecule has 0 fully saturated rings. The Balaban J connectivity index is 2.68. The molecule has 0 aromatic heterocycles. The third-order valence-electron chi connectivity index (χ3n) is 2.85. The molecule has 0 N–H and O–H groups in total. The molecule has 0 aliphatic carbocycles. The molecule has 0 amide bonds. The van der Waals surface area contributed by atoms with Crippen molar-refractivity contribution in [3.63, 3.8) is 0 Å². The molecule has 0 bridgehead atoms. The van der Waals surface area contributed by atoms with E-state index in [0.717, 1.165) is 21.9 Å². The molecule has 0 atom stereocenters. The van der Waals surface area contributed by atoms with Crippen molar-refractivity contribution in [2.75, 3.05) is 6.61 Å². The van der Waals surface area contributed by atoms with Crippen molar-refractivity contribution < 1.29 is 9.53 Å². The van der Waals surface area contributed by atoms with E-state index in [9.17, 15) is 4.79 Å². The topological polar surface area (TPSA) is 26.3 Å². The van der Waals surface area contributed by atoms with Gasteiger partial charge in [-0.05, 0) is 42.3 Å². The van der Waals surface area contributed by atoms with Gasteiger partial charge in [0.2, 0.25) is 0 Å². The molecule has 2 aromatic rings. The van der Waals surface area contributed by atoms with E-state index in [1.165, 1.54) is 0 Å². The highest BCUT2D eigenvalue weighted by Gasteiger charge is 2.12. The zero-order valence-corrected chi connectivity index (χ0v) is 10.7. The van der Waals surface area contributed by atoms with Crippen LogP contribution in [0.15, 0.2) is 43.0 Å². The molecule has 0 spiro atoms. The first kappa shape index (κ1) is 12.4. The van der Waals surface area contributed by atoms with E-state index in [2.05, 4.69) is 6.58 Å². The standard InChI is InChI=1S/C16H16O2/c1-4-18-16(17)15-10-13(11(2)3)9-12-7-5-6-8-14(12)15/h5-10H,2,4H2,1,3H3. The van der Waals surface area contributed by atoms with Crippen molar-refractivity contribution in [1.29, 1.82) is 0 Å². The van der Waals surface area contributed by atoms with Crippen molar-refractivity contribution in [3.05, 3.63) is 54.1 Å². The van der Waals surface area contributed by atoms with Gasteiger partial charge in [0.1, 0.15) is 0 Å². The third kappa shape index (κ3) is 2.28. The van der Waals surface area contributed by atoms with E-state index in [1.54, 1.807) is 0 Å². The molecule has 0 aliphatic rings. The zero-order valence-electron chi connectivity index (χ0n) is 10.7. The summed E-state index contributed by atoms with van der Waals surface area (Å²) >= 11 is 0. The minimum absolute atomic E-state index is 0.281. The van der Waals surface area contributed by atoms with E-state index in [0.29, 0.717) is 12.2 Å². The van der Waals surface area contributed by atoms with Gasteiger partial charge < -0.3 is 4.74 Å². The fourth-order valence-corrected chi connectivity index (χ4v) is 1.93. The summed E-state index contributed by atoms with van der Waals surface area (Å²) < 4.78 is 5.10. The Morgan fingerprint density at radius 2 is 2.00 bits per heavy atom.